The van der Waals surface area contributed by atoms with Gasteiger partial charge in [-0.15, -0.1) is 0 Å². The van der Waals surface area contributed by atoms with Gasteiger partial charge in [-0.3, -0.25) is 4.79 Å². The lowest BCUT2D eigenvalue weighted by Gasteiger charge is -2.32. The Bertz CT molecular complexity index is 615. The molecule has 0 saturated carbocycles. The van der Waals surface area contributed by atoms with Gasteiger partial charge in [0, 0.05) is 19.2 Å². The van der Waals surface area contributed by atoms with Crippen LogP contribution in [0.15, 0.2) is 30.3 Å². The summed E-state index contributed by atoms with van der Waals surface area (Å²) >= 11 is 0. The van der Waals surface area contributed by atoms with Crippen LogP contribution in [-0.2, 0) is 11.0 Å². The second-order valence-corrected chi connectivity index (χ2v) is 6.31. The number of carbonyl (C=O) groups excluding carboxylic acids is 1. The van der Waals surface area contributed by atoms with Crippen molar-refractivity contribution in [3.63, 3.8) is 0 Å². The van der Waals surface area contributed by atoms with E-state index >= 15 is 0 Å². The van der Waals surface area contributed by atoms with Crippen LogP contribution >= 0.6 is 0 Å². The topological polar surface area (TPSA) is 40.5 Å². The molecule has 6 heteroatoms. The van der Waals surface area contributed by atoms with E-state index in [0.717, 1.165) is 25.0 Å². The summed E-state index contributed by atoms with van der Waals surface area (Å²) in [5.74, 6) is -0.00320. The molecule has 1 fully saturated rings. The van der Waals surface area contributed by atoms with E-state index in [1.165, 1.54) is 12.1 Å². The number of piperidine rings is 1. The minimum absolute atomic E-state index is 0.197. The van der Waals surface area contributed by atoms with Crippen molar-refractivity contribution in [3.05, 3.63) is 41.5 Å². The highest BCUT2D eigenvalue weighted by Crippen LogP contribution is 2.31. The highest BCUT2D eigenvalue weighted by Gasteiger charge is 2.30. The summed E-state index contributed by atoms with van der Waals surface area (Å²) in [6, 6.07) is 4.97. The fourth-order valence-corrected chi connectivity index (χ4v) is 2.90. The van der Waals surface area contributed by atoms with Gasteiger partial charge in [0.1, 0.15) is 0 Å². The summed E-state index contributed by atoms with van der Waals surface area (Å²) in [6.45, 7) is 4.50. The van der Waals surface area contributed by atoms with Gasteiger partial charge in [0.25, 0.3) is 0 Å². The number of amides is 1. The summed E-state index contributed by atoms with van der Waals surface area (Å²) in [5, 5.41) is 9.58. The number of likely N-dealkylation sites (tertiary alicyclic amines) is 1. The normalized spacial score (nSPS) is 18.6. The van der Waals surface area contributed by atoms with Crippen LogP contribution in [0, 0.1) is 5.92 Å². The molecule has 1 atom stereocenters. The third-order valence-electron chi connectivity index (χ3n) is 4.52. The van der Waals surface area contributed by atoms with Crippen LogP contribution in [-0.4, -0.2) is 35.1 Å². The molecule has 24 heavy (non-hydrogen) atoms. The van der Waals surface area contributed by atoms with Gasteiger partial charge < -0.3 is 10.0 Å². The van der Waals surface area contributed by atoms with Crippen LogP contribution in [0.1, 0.15) is 37.8 Å². The fraction of sp³-hybridized carbons (Fsp3) is 0.500. The monoisotopic (exact) mass is 341 g/mol. The molecule has 1 aliphatic rings. The molecule has 1 saturated heterocycles. The van der Waals surface area contributed by atoms with Gasteiger partial charge >= 0.3 is 6.18 Å². The molecule has 1 aromatic carbocycles. The lowest BCUT2D eigenvalue weighted by molar-refractivity contribution is -0.137. The van der Waals surface area contributed by atoms with Gasteiger partial charge in [-0.2, -0.15) is 13.2 Å². The predicted molar refractivity (Wildman–Crippen MR) is 86.1 cm³/mol. The van der Waals surface area contributed by atoms with Gasteiger partial charge in [0.15, 0.2) is 0 Å². The number of nitrogens with zero attached hydrogens (tertiary/aromatic N) is 1. The largest absolute Gasteiger partial charge is 0.416 e. The minimum atomic E-state index is -4.40. The molecule has 0 aliphatic carbocycles. The molecule has 3 nitrogen and oxygen atoms in total. The molecular weight excluding hydrogens is 319 g/mol. The number of alkyl halides is 3. The zero-order chi connectivity index (χ0) is 17.9. The maximum atomic E-state index is 12.8. The van der Waals surface area contributed by atoms with E-state index in [1.54, 1.807) is 24.8 Å². The van der Waals surface area contributed by atoms with E-state index in [-0.39, 0.29) is 17.9 Å². The highest BCUT2D eigenvalue weighted by molar-refractivity contribution is 5.95. The Morgan fingerprint density at radius 2 is 1.96 bits per heavy atom. The van der Waals surface area contributed by atoms with E-state index in [0.29, 0.717) is 24.2 Å². The third kappa shape index (κ3) is 4.60. The molecule has 1 heterocycles. The van der Waals surface area contributed by atoms with Crippen molar-refractivity contribution >= 4 is 11.5 Å². The molecule has 132 valence electrons. The summed E-state index contributed by atoms with van der Waals surface area (Å²) in [5.41, 5.74) is 0.165. The zero-order valence-corrected chi connectivity index (χ0v) is 13.8. The number of aliphatic hydroxyl groups excluding tert-OH is 1. The Morgan fingerprint density at radius 1 is 1.33 bits per heavy atom. The zero-order valence-electron chi connectivity index (χ0n) is 13.8. The average molecular weight is 341 g/mol. The molecule has 1 aromatic rings. The molecule has 1 unspecified atom stereocenters. The highest BCUT2D eigenvalue weighted by atomic mass is 19.4. The lowest BCUT2D eigenvalue weighted by Crippen LogP contribution is -2.40. The maximum Gasteiger partial charge on any atom is 0.416 e. The Hall–Kier alpha value is -1.82. The number of benzene rings is 1. The van der Waals surface area contributed by atoms with Crippen molar-refractivity contribution in [2.45, 2.75) is 39.0 Å². The Morgan fingerprint density at radius 3 is 2.50 bits per heavy atom. The third-order valence-corrected chi connectivity index (χ3v) is 4.52. The fourth-order valence-electron chi connectivity index (χ4n) is 2.90. The maximum absolute atomic E-state index is 12.8. The van der Waals surface area contributed by atoms with E-state index in [4.69, 9.17) is 0 Å². The lowest BCUT2D eigenvalue weighted by atomic mass is 9.92. The Kier molecular flexibility index (Phi) is 5.70. The SMILES string of the molecule is CC(=CC(=O)N1CCC(C(C)O)CC1)c1cccc(C(F)(F)F)c1. The summed E-state index contributed by atoms with van der Waals surface area (Å²) in [4.78, 5) is 14.0. The first kappa shape index (κ1) is 18.5. The molecule has 0 radical (unpaired) electrons. The van der Waals surface area contributed by atoms with Crippen LogP contribution < -0.4 is 0 Å². The van der Waals surface area contributed by atoms with Crippen LogP contribution in [0.3, 0.4) is 0 Å². The Labute approximate surface area is 139 Å². The van der Waals surface area contributed by atoms with Crippen molar-refractivity contribution in [1.82, 2.24) is 4.90 Å². The van der Waals surface area contributed by atoms with Crippen LogP contribution in [0.2, 0.25) is 0 Å². The van der Waals surface area contributed by atoms with Gasteiger partial charge in [-0.05, 0) is 55.9 Å². The van der Waals surface area contributed by atoms with Gasteiger partial charge in [0.05, 0.1) is 11.7 Å². The van der Waals surface area contributed by atoms with E-state index in [1.807, 2.05) is 0 Å². The van der Waals surface area contributed by atoms with Gasteiger partial charge in [0.2, 0.25) is 5.91 Å². The average Bonchev–Trinajstić information content (AvgIpc) is 2.54. The van der Waals surface area contributed by atoms with Crippen molar-refractivity contribution in [2.24, 2.45) is 5.92 Å². The first-order chi connectivity index (χ1) is 11.2. The van der Waals surface area contributed by atoms with Crippen molar-refractivity contribution in [3.8, 4) is 0 Å². The quantitative estimate of drug-likeness (QED) is 0.851. The molecule has 0 bridgehead atoms. The number of rotatable bonds is 3. The number of hydrogen-bond donors (Lipinski definition) is 1. The number of halogens is 3. The van der Waals surface area contributed by atoms with Crippen LogP contribution in [0.25, 0.3) is 5.57 Å². The van der Waals surface area contributed by atoms with Gasteiger partial charge in [-0.25, -0.2) is 0 Å². The number of allylic oxidation sites excluding steroid dienone is 1. The minimum Gasteiger partial charge on any atom is -0.393 e. The molecule has 0 spiro atoms. The Balaban J connectivity index is 2.07. The summed E-state index contributed by atoms with van der Waals surface area (Å²) in [7, 11) is 0. The second kappa shape index (κ2) is 7.38. The molecule has 0 aromatic heterocycles. The van der Waals surface area contributed by atoms with Crippen LogP contribution in [0.5, 0.6) is 0 Å². The standard InChI is InChI=1S/C18H22F3NO2/c1-12(15-4-3-5-16(11-15)18(19,20)21)10-17(24)22-8-6-14(7-9-22)13(2)23/h3-5,10-11,13-14,23H,6-9H2,1-2H3. The van der Waals surface area contributed by atoms with Gasteiger partial charge in [-0.1, -0.05) is 12.1 Å². The summed E-state index contributed by atoms with van der Waals surface area (Å²) < 4.78 is 38.3. The first-order valence-electron chi connectivity index (χ1n) is 8.01. The molecule has 1 aliphatic heterocycles. The van der Waals surface area contributed by atoms with E-state index in [9.17, 15) is 23.1 Å². The number of hydrogen-bond acceptors (Lipinski definition) is 2. The molecule has 1 N–H and O–H groups in total. The van der Waals surface area contributed by atoms with Crippen molar-refractivity contribution in [2.75, 3.05) is 13.1 Å². The van der Waals surface area contributed by atoms with Crippen molar-refractivity contribution in [1.29, 1.82) is 0 Å². The molecule has 2 rings (SSSR count). The number of aliphatic hydroxyl groups is 1. The molecule has 1 amide bonds. The smallest absolute Gasteiger partial charge is 0.393 e. The second-order valence-electron chi connectivity index (χ2n) is 6.31. The van der Waals surface area contributed by atoms with E-state index in [2.05, 4.69) is 0 Å². The summed E-state index contributed by atoms with van der Waals surface area (Å²) in [6.07, 6.45) is -1.93. The van der Waals surface area contributed by atoms with Crippen LogP contribution in [0.4, 0.5) is 13.2 Å². The predicted octanol–water partition coefficient (Wildman–Crippen LogP) is 3.73. The first-order valence-corrected chi connectivity index (χ1v) is 8.01. The number of carbonyl (C=O) groups is 1. The molecular formula is C18H22F3NO2. The van der Waals surface area contributed by atoms with Crippen molar-refractivity contribution < 1.29 is 23.1 Å². The van der Waals surface area contributed by atoms with E-state index < -0.39 is 11.7 Å².